The lowest BCUT2D eigenvalue weighted by atomic mass is 9.96. The first-order valence-electron chi connectivity index (χ1n) is 14.2. The van der Waals surface area contributed by atoms with Gasteiger partial charge in [-0.1, -0.05) is 62.9 Å². The summed E-state index contributed by atoms with van der Waals surface area (Å²) in [6.45, 7) is 18.2. The maximum Gasteiger partial charge on any atom is 0.408 e. The third-order valence-electron chi connectivity index (χ3n) is 6.78. The molecule has 0 spiro atoms. The summed E-state index contributed by atoms with van der Waals surface area (Å²) in [5, 5.41) is 15.8. The van der Waals surface area contributed by atoms with E-state index in [0.717, 1.165) is 23.1 Å². The van der Waals surface area contributed by atoms with Crippen molar-refractivity contribution in [3.8, 4) is 0 Å². The van der Waals surface area contributed by atoms with Gasteiger partial charge in [0, 0.05) is 11.7 Å². The summed E-state index contributed by atoms with van der Waals surface area (Å²) in [6.07, 6.45) is 2.28. The number of hydrogen-bond acceptors (Lipinski definition) is 5. The van der Waals surface area contributed by atoms with Crippen LogP contribution in [0.4, 0.5) is 10.5 Å². The summed E-state index contributed by atoms with van der Waals surface area (Å²) in [5.41, 5.74) is 3.04. The van der Waals surface area contributed by atoms with E-state index >= 15 is 0 Å². The van der Waals surface area contributed by atoms with Crippen molar-refractivity contribution in [2.75, 3.05) is 11.9 Å². The number of hydrogen-bond donors (Lipinski definition) is 3. The second-order valence-corrected chi connectivity index (χ2v) is 12.0. The molecule has 2 rings (SSSR count). The zero-order chi connectivity index (χ0) is 30.9. The molecule has 3 unspecified atom stereocenters. The molecule has 0 fully saturated rings. The molecule has 224 valence electrons. The monoisotopic (exact) mass is 565 g/mol. The largest absolute Gasteiger partial charge is 0.444 e. The third-order valence-corrected chi connectivity index (χ3v) is 6.78. The summed E-state index contributed by atoms with van der Waals surface area (Å²) in [7, 11) is 0. The molecule has 8 nitrogen and oxygen atoms in total. The van der Waals surface area contributed by atoms with Crippen molar-refractivity contribution in [2.45, 2.75) is 92.0 Å². The number of nitrogens with one attached hydrogen (secondary N) is 2. The van der Waals surface area contributed by atoms with E-state index in [4.69, 9.17) is 4.74 Å². The summed E-state index contributed by atoms with van der Waals surface area (Å²) < 4.78 is 5.35. The average molecular weight is 566 g/mol. The molecule has 0 aliphatic carbocycles. The molecule has 3 amide bonds. The molecule has 0 bridgehead atoms. The molecule has 0 aliphatic rings. The minimum Gasteiger partial charge on any atom is -0.444 e. The van der Waals surface area contributed by atoms with E-state index in [2.05, 4.69) is 31.1 Å². The lowest BCUT2D eigenvalue weighted by Gasteiger charge is -2.38. The van der Waals surface area contributed by atoms with Crippen LogP contribution in [-0.2, 0) is 14.3 Å². The van der Waals surface area contributed by atoms with Gasteiger partial charge in [-0.05, 0) is 88.6 Å². The topological polar surface area (TPSA) is 108 Å². The highest BCUT2D eigenvalue weighted by Gasteiger charge is 2.39. The fraction of sp³-hybridized carbons (Fsp3) is 0.485. The van der Waals surface area contributed by atoms with E-state index in [1.807, 2.05) is 57.2 Å². The number of alkyl carbamates (subject to hydrolysis) is 1. The fourth-order valence-electron chi connectivity index (χ4n) is 4.63. The Morgan fingerprint density at radius 3 is 2.17 bits per heavy atom. The van der Waals surface area contributed by atoms with Gasteiger partial charge in [-0.3, -0.25) is 9.59 Å². The van der Waals surface area contributed by atoms with Gasteiger partial charge in [0.2, 0.25) is 5.91 Å². The predicted octanol–water partition coefficient (Wildman–Crippen LogP) is 6.17. The molecular formula is C33H47N3O5. The first kappa shape index (κ1) is 33.6. The number of para-hydroxylation sites is 1. The minimum absolute atomic E-state index is 0.369. The summed E-state index contributed by atoms with van der Waals surface area (Å²) in [5.74, 6) is -0.614. The molecule has 41 heavy (non-hydrogen) atoms. The van der Waals surface area contributed by atoms with Crippen LogP contribution in [0.2, 0.25) is 0 Å². The van der Waals surface area contributed by atoms with Crippen LogP contribution in [0.15, 0.2) is 49.0 Å². The van der Waals surface area contributed by atoms with E-state index in [9.17, 15) is 19.5 Å². The summed E-state index contributed by atoms with van der Waals surface area (Å²) >= 11 is 0. The van der Waals surface area contributed by atoms with Crippen LogP contribution < -0.4 is 10.6 Å². The number of aryl methyl sites for hydroxylation is 2. The van der Waals surface area contributed by atoms with E-state index in [0.29, 0.717) is 23.6 Å². The van der Waals surface area contributed by atoms with Crippen LogP contribution in [0.3, 0.4) is 0 Å². The van der Waals surface area contributed by atoms with Gasteiger partial charge in [0.25, 0.3) is 5.91 Å². The van der Waals surface area contributed by atoms with E-state index in [-0.39, 0.29) is 0 Å². The van der Waals surface area contributed by atoms with E-state index in [1.165, 1.54) is 4.90 Å². The number of carbonyl (C=O) groups is 3. The third kappa shape index (κ3) is 9.74. The van der Waals surface area contributed by atoms with Gasteiger partial charge in [-0.15, -0.1) is 0 Å². The number of nitrogens with zero attached hydrogens (tertiary/aromatic N) is 1. The van der Waals surface area contributed by atoms with Gasteiger partial charge >= 0.3 is 6.09 Å². The van der Waals surface area contributed by atoms with Gasteiger partial charge in [-0.2, -0.15) is 0 Å². The highest BCUT2D eigenvalue weighted by atomic mass is 16.6. The van der Waals surface area contributed by atoms with Crippen LogP contribution >= 0.6 is 0 Å². The molecule has 0 radical (unpaired) electrons. The maximum absolute atomic E-state index is 14.2. The SMILES string of the molecule is C=Cc1cccc(C(C(=O)Nc2c(C)cccc2C)N(C(=O)C(CO)NC(=O)OC(C)(C)C)C(C)CCC(C)C)c1. The Balaban J connectivity index is 2.65. The number of carbonyl (C=O) groups excluding carboxylic acids is 3. The summed E-state index contributed by atoms with van der Waals surface area (Å²) in [6, 6.07) is 10.3. The standard InChI is InChI=1S/C33H47N3O5/c1-10-25-15-12-16-26(19-25)29(30(38)35-28-22(4)13-11-14-23(28)5)36(24(6)18-17-21(2)3)31(39)27(20-37)34-32(40)41-33(7,8)9/h10-16,19,21,24,27,29,37H,1,17-18,20H2,2-9H3,(H,34,40)(H,35,38). The van der Waals surface area contributed by atoms with Gasteiger partial charge in [0.1, 0.15) is 17.7 Å². The van der Waals surface area contributed by atoms with E-state index < -0.39 is 48.2 Å². The van der Waals surface area contributed by atoms with Crippen molar-refractivity contribution in [3.05, 3.63) is 71.3 Å². The minimum atomic E-state index is -1.32. The highest BCUT2D eigenvalue weighted by molar-refractivity contribution is 6.00. The number of aliphatic hydroxyl groups excluding tert-OH is 1. The Kier molecular flexibility index (Phi) is 12.1. The molecule has 0 saturated heterocycles. The zero-order valence-electron chi connectivity index (χ0n) is 25.8. The smallest absolute Gasteiger partial charge is 0.408 e. The molecule has 2 aromatic carbocycles. The van der Waals surface area contributed by atoms with Crippen LogP contribution in [0.25, 0.3) is 6.08 Å². The van der Waals surface area contributed by atoms with Crippen LogP contribution in [0.1, 0.15) is 82.7 Å². The molecule has 0 aliphatic heterocycles. The average Bonchev–Trinajstić information content (AvgIpc) is 2.89. The lowest BCUT2D eigenvalue weighted by molar-refractivity contribution is -0.144. The first-order chi connectivity index (χ1) is 19.2. The van der Waals surface area contributed by atoms with Gasteiger partial charge in [0.15, 0.2) is 0 Å². The van der Waals surface area contributed by atoms with Crippen molar-refractivity contribution in [3.63, 3.8) is 0 Å². The first-order valence-corrected chi connectivity index (χ1v) is 14.2. The van der Waals surface area contributed by atoms with Gasteiger partial charge in [-0.25, -0.2) is 4.79 Å². The number of rotatable bonds is 12. The second kappa shape index (κ2) is 14.8. The maximum atomic E-state index is 14.2. The van der Waals surface area contributed by atoms with Gasteiger partial charge < -0.3 is 25.4 Å². The zero-order valence-corrected chi connectivity index (χ0v) is 25.8. The van der Waals surface area contributed by atoms with Crippen molar-refractivity contribution < 1.29 is 24.2 Å². The van der Waals surface area contributed by atoms with Gasteiger partial charge in [0.05, 0.1) is 6.61 Å². The molecule has 0 heterocycles. The lowest BCUT2D eigenvalue weighted by Crippen LogP contribution is -2.56. The molecule has 0 aromatic heterocycles. The normalized spacial score (nSPS) is 13.6. The highest BCUT2D eigenvalue weighted by Crippen LogP contribution is 2.30. The molecule has 8 heteroatoms. The van der Waals surface area contributed by atoms with Crippen molar-refractivity contribution in [2.24, 2.45) is 5.92 Å². The predicted molar refractivity (Wildman–Crippen MR) is 164 cm³/mol. The second-order valence-electron chi connectivity index (χ2n) is 12.0. The molecule has 3 N–H and O–H groups in total. The number of anilines is 1. The number of ether oxygens (including phenoxy) is 1. The summed E-state index contributed by atoms with van der Waals surface area (Å²) in [4.78, 5) is 42.5. The molecule has 3 atom stereocenters. The quantitative estimate of drug-likeness (QED) is 0.285. The van der Waals surface area contributed by atoms with Crippen LogP contribution in [0, 0.1) is 19.8 Å². The Labute approximate surface area is 245 Å². The number of amides is 3. The number of aliphatic hydroxyl groups is 1. The Morgan fingerprint density at radius 2 is 1.63 bits per heavy atom. The molecule has 0 saturated carbocycles. The molecular weight excluding hydrogens is 518 g/mol. The van der Waals surface area contributed by atoms with Crippen molar-refractivity contribution >= 4 is 29.7 Å². The fourth-order valence-corrected chi connectivity index (χ4v) is 4.63. The Morgan fingerprint density at radius 1 is 1.02 bits per heavy atom. The number of benzene rings is 2. The van der Waals surface area contributed by atoms with Crippen LogP contribution in [0.5, 0.6) is 0 Å². The van der Waals surface area contributed by atoms with Crippen LogP contribution in [-0.4, -0.2) is 52.2 Å². The van der Waals surface area contributed by atoms with Crippen molar-refractivity contribution in [1.82, 2.24) is 10.2 Å². The Bertz CT molecular complexity index is 1200. The van der Waals surface area contributed by atoms with E-state index in [1.54, 1.807) is 32.9 Å². The van der Waals surface area contributed by atoms with Crippen molar-refractivity contribution in [1.29, 1.82) is 0 Å². The molecule has 2 aromatic rings. The Hall–Kier alpha value is -3.65.